The van der Waals surface area contributed by atoms with Crippen molar-refractivity contribution in [2.45, 2.75) is 20.8 Å². The Kier molecular flexibility index (Phi) is 5.49. The maximum Gasteiger partial charge on any atom is 0.434 e. The molecular formula is C26H24BClO. The van der Waals surface area contributed by atoms with E-state index in [4.69, 9.17) is 16.1 Å². The summed E-state index contributed by atoms with van der Waals surface area (Å²) in [5, 5.41) is 2.50. The smallest absolute Gasteiger partial charge is 0.421 e. The molecule has 0 aliphatic rings. The summed E-state index contributed by atoms with van der Waals surface area (Å²) in [5.41, 5.74) is 9.81. The normalized spacial score (nSPS) is 11.1. The van der Waals surface area contributed by atoms with Crippen LogP contribution in [0.1, 0.15) is 16.7 Å². The lowest BCUT2D eigenvalue weighted by Gasteiger charge is -2.22. The van der Waals surface area contributed by atoms with Gasteiger partial charge in [0.1, 0.15) is 0 Å². The molecule has 0 saturated heterocycles. The first-order chi connectivity index (χ1) is 14.0. The first kappa shape index (κ1) is 19.8. The first-order valence-corrected chi connectivity index (χ1v) is 10.3. The number of benzene rings is 4. The number of aryl methyl sites for hydroxylation is 1. The Morgan fingerprint density at radius 1 is 0.655 bits per heavy atom. The van der Waals surface area contributed by atoms with Gasteiger partial charge in [-0.3, -0.25) is 0 Å². The van der Waals surface area contributed by atoms with E-state index in [2.05, 4.69) is 87.5 Å². The van der Waals surface area contributed by atoms with Crippen molar-refractivity contribution in [1.82, 2.24) is 0 Å². The summed E-state index contributed by atoms with van der Waals surface area (Å²) in [6.45, 7) is 6.62. The molecule has 0 aromatic heterocycles. The van der Waals surface area contributed by atoms with Gasteiger partial charge in [0.2, 0.25) is 0 Å². The molecule has 4 aromatic carbocycles. The van der Waals surface area contributed by atoms with Crippen molar-refractivity contribution in [2.24, 2.45) is 0 Å². The third kappa shape index (κ3) is 3.37. The van der Waals surface area contributed by atoms with E-state index in [1.807, 2.05) is 6.07 Å². The Hall–Kier alpha value is -2.55. The monoisotopic (exact) mass is 398 g/mol. The fraction of sp³-hybridized carbons (Fsp3) is 0.154. The molecule has 0 aliphatic carbocycles. The molecule has 0 radical (unpaired) electrons. The van der Waals surface area contributed by atoms with E-state index in [0.29, 0.717) is 0 Å². The summed E-state index contributed by atoms with van der Waals surface area (Å²) in [7, 11) is 1.64. The fourth-order valence-electron chi connectivity index (χ4n) is 4.30. The lowest BCUT2D eigenvalue weighted by molar-refractivity contribution is 0.444. The first-order valence-electron chi connectivity index (χ1n) is 9.88. The number of fused-ring (bicyclic) bond motifs is 1. The van der Waals surface area contributed by atoms with Crippen LogP contribution >= 0.6 is 11.5 Å². The summed E-state index contributed by atoms with van der Waals surface area (Å²) in [4.78, 5) is 0. The lowest BCUT2D eigenvalue weighted by atomic mass is 9.76. The van der Waals surface area contributed by atoms with Crippen LogP contribution in [0.2, 0.25) is 0 Å². The third-order valence-corrected chi connectivity index (χ3v) is 6.29. The highest BCUT2D eigenvalue weighted by molar-refractivity contribution is 7.11. The van der Waals surface area contributed by atoms with Crippen LogP contribution in [0, 0.1) is 20.8 Å². The number of hydrogen-bond donors (Lipinski definition) is 0. The van der Waals surface area contributed by atoms with Gasteiger partial charge in [-0.05, 0) is 76.0 Å². The van der Waals surface area contributed by atoms with Crippen molar-refractivity contribution in [3.05, 3.63) is 89.5 Å². The van der Waals surface area contributed by atoms with Crippen LogP contribution in [-0.4, -0.2) is 13.4 Å². The molecule has 4 rings (SSSR count). The molecule has 1 nitrogen and oxygen atoms in total. The largest absolute Gasteiger partial charge is 0.434 e. The molecule has 0 saturated carbocycles. The standard InChI is InChI=1S/C26H24BClO/c1-17-11-5-6-12-20(17)25-18(2)19(3)26(22-14-8-7-13-21(22)25)23-15-9-10-16-24(23)27(28)29-4/h5-16H,1-4H3. The summed E-state index contributed by atoms with van der Waals surface area (Å²) < 4.78 is 5.45. The van der Waals surface area contributed by atoms with Crippen molar-refractivity contribution < 1.29 is 4.65 Å². The van der Waals surface area contributed by atoms with Crippen LogP contribution < -0.4 is 5.46 Å². The minimum Gasteiger partial charge on any atom is -0.421 e. The number of hydrogen-bond acceptors (Lipinski definition) is 1. The molecule has 0 atom stereocenters. The molecule has 29 heavy (non-hydrogen) atoms. The van der Waals surface area contributed by atoms with E-state index in [-0.39, 0.29) is 0 Å². The van der Waals surface area contributed by atoms with Crippen LogP contribution in [0.5, 0.6) is 0 Å². The highest BCUT2D eigenvalue weighted by Gasteiger charge is 2.23. The van der Waals surface area contributed by atoms with E-state index in [9.17, 15) is 0 Å². The zero-order valence-electron chi connectivity index (χ0n) is 17.3. The van der Waals surface area contributed by atoms with Gasteiger partial charge in [0.15, 0.2) is 0 Å². The van der Waals surface area contributed by atoms with Crippen molar-refractivity contribution in [2.75, 3.05) is 7.11 Å². The summed E-state index contributed by atoms with van der Waals surface area (Å²) >= 11 is 6.51. The van der Waals surface area contributed by atoms with E-state index in [0.717, 1.165) is 11.0 Å². The minimum atomic E-state index is -0.485. The van der Waals surface area contributed by atoms with Crippen molar-refractivity contribution >= 4 is 34.0 Å². The second-order valence-electron chi connectivity index (χ2n) is 7.50. The highest BCUT2D eigenvalue weighted by Crippen LogP contribution is 2.41. The Balaban J connectivity index is 2.12. The van der Waals surface area contributed by atoms with Gasteiger partial charge in [0.05, 0.1) is 0 Å². The van der Waals surface area contributed by atoms with E-state index in [1.54, 1.807) is 7.11 Å². The lowest BCUT2D eigenvalue weighted by Crippen LogP contribution is -2.28. The quantitative estimate of drug-likeness (QED) is 0.348. The molecule has 144 valence electrons. The predicted octanol–water partition coefficient (Wildman–Crippen LogP) is 6.68. The minimum absolute atomic E-state index is 0.485. The zero-order chi connectivity index (χ0) is 20.5. The second kappa shape index (κ2) is 8.06. The molecule has 4 aromatic rings. The molecule has 0 unspecified atom stereocenters. The zero-order valence-corrected chi connectivity index (χ0v) is 18.0. The second-order valence-corrected chi connectivity index (χ2v) is 7.90. The van der Waals surface area contributed by atoms with Crippen LogP contribution in [0.25, 0.3) is 33.0 Å². The van der Waals surface area contributed by atoms with Crippen LogP contribution in [0.3, 0.4) is 0 Å². The Bertz CT molecular complexity index is 1200. The highest BCUT2D eigenvalue weighted by atomic mass is 35.5. The molecule has 0 N–H and O–H groups in total. The van der Waals surface area contributed by atoms with Gasteiger partial charge in [-0.25, -0.2) is 0 Å². The Morgan fingerprint density at radius 2 is 1.14 bits per heavy atom. The molecule has 0 aliphatic heterocycles. The van der Waals surface area contributed by atoms with Gasteiger partial charge in [-0.2, -0.15) is 0 Å². The van der Waals surface area contributed by atoms with Gasteiger partial charge in [0.25, 0.3) is 0 Å². The van der Waals surface area contributed by atoms with Gasteiger partial charge in [-0.1, -0.05) is 72.8 Å². The topological polar surface area (TPSA) is 9.23 Å². The van der Waals surface area contributed by atoms with Gasteiger partial charge < -0.3 is 4.65 Å². The SMILES string of the molecule is COB(Cl)c1ccccc1-c1c(C)c(C)c(-c2ccccc2C)c2ccccc12. The molecule has 0 heterocycles. The molecule has 3 heteroatoms. The molecule has 0 spiro atoms. The molecule has 0 bridgehead atoms. The van der Waals surface area contributed by atoms with Crippen LogP contribution in [0.4, 0.5) is 0 Å². The summed E-state index contributed by atoms with van der Waals surface area (Å²) in [5.74, 6) is 0. The average molecular weight is 399 g/mol. The summed E-state index contributed by atoms with van der Waals surface area (Å²) in [6.07, 6.45) is -0.485. The Morgan fingerprint density at radius 3 is 1.72 bits per heavy atom. The van der Waals surface area contributed by atoms with Crippen molar-refractivity contribution in [3.63, 3.8) is 0 Å². The van der Waals surface area contributed by atoms with Crippen LogP contribution in [0.15, 0.2) is 72.8 Å². The summed E-state index contributed by atoms with van der Waals surface area (Å²) in [6, 6.07) is 25.6. The maximum absolute atomic E-state index is 6.51. The number of rotatable bonds is 4. The number of halogens is 1. The van der Waals surface area contributed by atoms with Crippen molar-refractivity contribution in [3.8, 4) is 22.3 Å². The van der Waals surface area contributed by atoms with Gasteiger partial charge in [-0.15, -0.1) is 11.5 Å². The maximum atomic E-state index is 6.51. The third-order valence-electron chi connectivity index (χ3n) is 5.87. The average Bonchev–Trinajstić information content (AvgIpc) is 2.75. The Labute approximate surface area is 178 Å². The molecule has 0 amide bonds. The fourth-order valence-corrected chi connectivity index (χ4v) is 4.49. The van der Waals surface area contributed by atoms with E-state index >= 15 is 0 Å². The van der Waals surface area contributed by atoms with Crippen molar-refractivity contribution in [1.29, 1.82) is 0 Å². The predicted molar refractivity (Wildman–Crippen MR) is 127 cm³/mol. The molecular weight excluding hydrogens is 375 g/mol. The van der Waals surface area contributed by atoms with Crippen LogP contribution in [-0.2, 0) is 4.65 Å². The van der Waals surface area contributed by atoms with Gasteiger partial charge in [0, 0.05) is 7.11 Å². The van der Waals surface area contributed by atoms with E-state index < -0.39 is 6.33 Å². The molecule has 0 fully saturated rings. The van der Waals surface area contributed by atoms with Gasteiger partial charge >= 0.3 is 6.33 Å². The van der Waals surface area contributed by atoms with E-state index in [1.165, 1.54) is 44.2 Å².